The van der Waals surface area contributed by atoms with Crippen LogP contribution in [0.4, 0.5) is 0 Å². The summed E-state index contributed by atoms with van der Waals surface area (Å²) in [5.41, 5.74) is 2.92. The van der Waals surface area contributed by atoms with Crippen molar-refractivity contribution in [2.75, 3.05) is 19.4 Å². The van der Waals surface area contributed by atoms with Crippen molar-refractivity contribution in [2.45, 2.75) is 38.1 Å². The summed E-state index contributed by atoms with van der Waals surface area (Å²) < 4.78 is 5.22. The van der Waals surface area contributed by atoms with Crippen molar-refractivity contribution >= 4 is 35.2 Å². The summed E-state index contributed by atoms with van der Waals surface area (Å²) in [6.45, 7) is 2.83. The van der Waals surface area contributed by atoms with Gasteiger partial charge < -0.3 is 15.0 Å². The molecule has 0 heterocycles. The van der Waals surface area contributed by atoms with Gasteiger partial charge in [-0.15, -0.1) is 11.8 Å². The number of nitrogens with one attached hydrogen (secondary N) is 1. The fraction of sp³-hybridized carbons (Fsp3) is 0.310. The normalized spacial score (nSPS) is 11.5. The van der Waals surface area contributed by atoms with Crippen LogP contribution in [0.3, 0.4) is 0 Å². The Labute approximate surface area is 223 Å². The van der Waals surface area contributed by atoms with Crippen molar-refractivity contribution in [3.63, 3.8) is 0 Å². The molecule has 3 rings (SSSR count). The lowest BCUT2D eigenvalue weighted by molar-refractivity contribution is -0.139. The van der Waals surface area contributed by atoms with Crippen LogP contribution in [0, 0.1) is 0 Å². The van der Waals surface area contributed by atoms with Crippen LogP contribution in [-0.2, 0) is 28.3 Å². The van der Waals surface area contributed by atoms with Gasteiger partial charge in [0.2, 0.25) is 11.8 Å². The monoisotopic (exact) mass is 524 g/mol. The Kier molecular flexibility index (Phi) is 11.2. The summed E-state index contributed by atoms with van der Waals surface area (Å²) >= 11 is 7.98. The number of nitrogens with zero attached hydrogens (tertiary/aromatic N) is 1. The van der Waals surface area contributed by atoms with Crippen molar-refractivity contribution in [3.05, 3.63) is 101 Å². The molecule has 0 fully saturated rings. The quantitative estimate of drug-likeness (QED) is 0.309. The van der Waals surface area contributed by atoms with Crippen LogP contribution in [-0.4, -0.2) is 42.2 Å². The summed E-state index contributed by atoms with van der Waals surface area (Å²) in [6, 6.07) is 24.4. The molecule has 3 aromatic carbocycles. The molecule has 0 saturated heterocycles. The number of carbonyl (C=O) groups excluding carboxylic acids is 2. The van der Waals surface area contributed by atoms with Gasteiger partial charge in [0.1, 0.15) is 11.8 Å². The predicted octanol–water partition coefficient (Wildman–Crippen LogP) is 5.75. The van der Waals surface area contributed by atoms with Crippen LogP contribution in [0.1, 0.15) is 30.0 Å². The molecule has 0 unspecified atom stereocenters. The zero-order valence-electron chi connectivity index (χ0n) is 20.8. The van der Waals surface area contributed by atoms with E-state index < -0.39 is 6.04 Å². The average Bonchev–Trinajstić information content (AvgIpc) is 2.91. The molecule has 7 heteroatoms. The first kappa shape index (κ1) is 27.6. The maximum absolute atomic E-state index is 13.6. The second kappa shape index (κ2) is 14.6. The van der Waals surface area contributed by atoms with E-state index in [1.54, 1.807) is 18.1 Å². The second-order valence-electron chi connectivity index (χ2n) is 8.45. The molecule has 5 nitrogen and oxygen atoms in total. The van der Waals surface area contributed by atoms with Crippen molar-refractivity contribution in [1.82, 2.24) is 10.2 Å². The van der Waals surface area contributed by atoms with Crippen LogP contribution in [0.5, 0.6) is 5.75 Å². The Morgan fingerprint density at radius 3 is 2.33 bits per heavy atom. The molecule has 1 atom stereocenters. The molecular formula is C29H33ClN2O3S. The lowest BCUT2D eigenvalue weighted by Crippen LogP contribution is -2.51. The highest BCUT2D eigenvalue weighted by molar-refractivity contribution is 7.99. The predicted molar refractivity (Wildman–Crippen MR) is 148 cm³/mol. The van der Waals surface area contributed by atoms with Gasteiger partial charge >= 0.3 is 0 Å². The second-order valence-corrected chi connectivity index (χ2v) is 9.84. The van der Waals surface area contributed by atoms with Gasteiger partial charge in [0.05, 0.1) is 12.9 Å². The molecule has 0 bridgehead atoms. The Morgan fingerprint density at radius 2 is 1.67 bits per heavy atom. The van der Waals surface area contributed by atoms with Gasteiger partial charge in [-0.1, -0.05) is 79.2 Å². The zero-order chi connectivity index (χ0) is 25.8. The largest absolute Gasteiger partial charge is 0.497 e. The summed E-state index contributed by atoms with van der Waals surface area (Å²) in [5, 5.41) is 3.57. The molecular weight excluding hydrogens is 492 g/mol. The number of rotatable bonds is 13. The highest BCUT2D eigenvalue weighted by atomic mass is 35.5. The van der Waals surface area contributed by atoms with E-state index >= 15 is 0 Å². The fourth-order valence-electron chi connectivity index (χ4n) is 3.79. The summed E-state index contributed by atoms with van der Waals surface area (Å²) in [4.78, 5) is 28.6. The third-order valence-corrected chi connectivity index (χ3v) is 7.13. The summed E-state index contributed by atoms with van der Waals surface area (Å²) in [7, 11) is 1.64. The van der Waals surface area contributed by atoms with E-state index in [0.717, 1.165) is 28.9 Å². The number of amides is 2. The molecule has 1 N–H and O–H groups in total. The minimum atomic E-state index is -0.649. The third kappa shape index (κ3) is 8.32. The topological polar surface area (TPSA) is 58.6 Å². The Morgan fingerprint density at radius 1 is 0.972 bits per heavy atom. The van der Waals surface area contributed by atoms with Crippen LogP contribution in [0.2, 0.25) is 5.02 Å². The van der Waals surface area contributed by atoms with E-state index in [4.69, 9.17) is 16.3 Å². The average molecular weight is 525 g/mol. The van der Waals surface area contributed by atoms with E-state index in [9.17, 15) is 9.59 Å². The van der Waals surface area contributed by atoms with Gasteiger partial charge in [-0.2, -0.15) is 0 Å². The number of benzene rings is 3. The number of thioether (sulfide) groups is 1. The SMILES string of the molecule is CCCNC(=O)[C@H](Cc1ccccc1)N(Cc1ccccc1Cl)C(=O)CSCc1ccc(OC)cc1. The van der Waals surface area contributed by atoms with Crippen LogP contribution >= 0.6 is 23.4 Å². The van der Waals surface area contributed by atoms with Gasteiger partial charge in [-0.3, -0.25) is 9.59 Å². The molecule has 2 amide bonds. The van der Waals surface area contributed by atoms with Gasteiger partial charge in [-0.25, -0.2) is 0 Å². The first-order valence-electron chi connectivity index (χ1n) is 12.1. The number of carbonyl (C=O) groups is 2. The zero-order valence-corrected chi connectivity index (χ0v) is 22.4. The number of hydrogen-bond acceptors (Lipinski definition) is 4. The minimum absolute atomic E-state index is 0.0963. The Bertz CT molecular complexity index is 1110. The smallest absolute Gasteiger partial charge is 0.243 e. The van der Waals surface area contributed by atoms with Crippen LogP contribution < -0.4 is 10.1 Å². The maximum atomic E-state index is 13.6. The van der Waals surface area contributed by atoms with E-state index in [1.807, 2.05) is 79.7 Å². The van der Waals surface area contributed by atoms with E-state index in [0.29, 0.717) is 23.7 Å². The lowest BCUT2D eigenvalue weighted by atomic mass is 10.0. The highest BCUT2D eigenvalue weighted by Crippen LogP contribution is 2.22. The Hall–Kier alpha value is -2.96. The van der Waals surface area contributed by atoms with E-state index in [2.05, 4.69) is 5.32 Å². The number of methoxy groups -OCH3 is 1. The molecule has 3 aromatic rings. The first-order valence-corrected chi connectivity index (χ1v) is 13.6. The number of ether oxygens (including phenoxy) is 1. The van der Waals surface area contributed by atoms with Crippen molar-refractivity contribution in [1.29, 1.82) is 0 Å². The molecule has 190 valence electrons. The molecule has 36 heavy (non-hydrogen) atoms. The number of hydrogen-bond donors (Lipinski definition) is 1. The third-order valence-electron chi connectivity index (χ3n) is 5.77. The molecule has 0 radical (unpaired) electrons. The Balaban J connectivity index is 1.82. The maximum Gasteiger partial charge on any atom is 0.243 e. The van der Waals surface area contributed by atoms with Crippen molar-refractivity contribution in [3.8, 4) is 5.75 Å². The van der Waals surface area contributed by atoms with Crippen LogP contribution in [0.15, 0.2) is 78.9 Å². The summed E-state index contributed by atoms with van der Waals surface area (Å²) in [5.74, 6) is 1.49. The van der Waals surface area contributed by atoms with Gasteiger partial charge in [0, 0.05) is 30.3 Å². The standard InChI is InChI=1S/C29H33ClN2O3S/c1-3-17-31-29(34)27(18-22-9-5-4-6-10-22)32(19-24-11-7-8-12-26(24)30)28(33)21-36-20-23-13-15-25(35-2)16-14-23/h4-16,27H,3,17-21H2,1-2H3,(H,31,34)/t27-/m0/s1. The molecule has 0 aromatic heterocycles. The minimum Gasteiger partial charge on any atom is -0.497 e. The molecule has 0 saturated carbocycles. The number of halogens is 1. The first-order chi connectivity index (χ1) is 17.5. The molecule has 0 spiro atoms. The molecule has 0 aliphatic carbocycles. The van der Waals surface area contributed by atoms with Crippen molar-refractivity contribution in [2.24, 2.45) is 0 Å². The van der Waals surface area contributed by atoms with Gasteiger partial charge in [-0.05, 0) is 41.3 Å². The van der Waals surface area contributed by atoms with Gasteiger partial charge in [0.15, 0.2) is 0 Å². The van der Waals surface area contributed by atoms with E-state index in [-0.39, 0.29) is 24.1 Å². The summed E-state index contributed by atoms with van der Waals surface area (Å²) in [6.07, 6.45) is 1.25. The molecule has 0 aliphatic rings. The fourth-order valence-corrected chi connectivity index (χ4v) is 4.86. The van der Waals surface area contributed by atoms with Crippen LogP contribution in [0.25, 0.3) is 0 Å². The van der Waals surface area contributed by atoms with Gasteiger partial charge in [0.25, 0.3) is 0 Å². The highest BCUT2D eigenvalue weighted by Gasteiger charge is 2.30. The van der Waals surface area contributed by atoms with E-state index in [1.165, 1.54) is 11.8 Å². The van der Waals surface area contributed by atoms with Crippen molar-refractivity contribution < 1.29 is 14.3 Å². The molecule has 0 aliphatic heterocycles. The lowest BCUT2D eigenvalue weighted by Gasteiger charge is -2.31.